The fraction of sp³-hybridized carbons (Fsp3) is 0.462. The molecule has 5 atom stereocenters. The summed E-state index contributed by atoms with van der Waals surface area (Å²) in [4.78, 5) is 12.0. The highest BCUT2D eigenvalue weighted by atomic mass is 127. The van der Waals surface area contributed by atoms with E-state index in [1.54, 1.807) is 24.3 Å². The van der Waals surface area contributed by atoms with Gasteiger partial charge in [0.25, 0.3) is 0 Å². The van der Waals surface area contributed by atoms with Gasteiger partial charge in [0, 0.05) is 0 Å². The molecule has 0 amide bonds. The molecular formula is C13H13IO5. The molecule has 0 aliphatic carbocycles. The van der Waals surface area contributed by atoms with Gasteiger partial charge in [-0.05, 0) is 12.1 Å². The highest BCUT2D eigenvalue weighted by Crippen LogP contribution is 2.34. The average Bonchev–Trinajstić information content (AvgIpc) is 2.89. The SMILES string of the molecule is O=C(O[C@H]1[C@H](O)[C@H]2CO[C@H](O2)[C@@H]1I)c1ccccc1. The van der Waals surface area contributed by atoms with E-state index >= 15 is 0 Å². The van der Waals surface area contributed by atoms with Gasteiger partial charge < -0.3 is 19.3 Å². The lowest BCUT2D eigenvalue weighted by molar-refractivity contribution is -0.158. The van der Waals surface area contributed by atoms with Crippen molar-refractivity contribution >= 4 is 28.6 Å². The molecule has 0 radical (unpaired) electrons. The largest absolute Gasteiger partial charge is 0.455 e. The molecule has 2 bridgehead atoms. The Labute approximate surface area is 124 Å². The zero-order chi connectivity index (χ0) is 13.4. The second-order valence-corrected chi connectivity index (χ2v) is 5.99. The van der Waals surface area contributed by atoms with Crippen molar-refractivity contribution in [3.05, 3.63) is 35.9 Å². The van der Waals surface area contributed by atoms with Gasteiger partial charge >= 0.3 is 5.97 Å². The van der Waals surface area contributed by atoms with E-state index in [1.165, 1.54) is 0 Å². The normalized spacial score (nSPS) is 37.1. The maximum atomic E-state index is 12.0. The van der Waals surface area contributed by atoms with Crippen LogP contribution >= 0.6 is 22.6 Å². The van der Waals surface area contributed by atoms with Crippen molar-refractivity contribution in [2.45, 2.75) is 28.5 Å². The third-order valence-corrected chi connectivity index (χ3v) is 4.57. The van der Waals surface area contributed by atoms with Crippen LogP contribution in [-0.2, 0) is 14.2 Å². The molecule has 6 heteroatoms. The van der Waals surface area contributed by atoms with Gasteiger partial charge in [0.15, 0.2) is 6.29 Å². The highest BCUT2D eigenvalue weighted by Gasteiger charge is 2.51. The maximum Gasteiger partial charge on any atom is 0.338 e. The summed E-state index contributed by atoms with van der Waals surface area (Å²) < 4.78 is 16.1. The van der Waals surface area contributed by atoms with E-state index in [-0.39, 0.29) is 3.92 Å². The van der Waals surface area contributed by atoms with Crippen LogP contribution < -0.4 is 0 Å². The van der Waals surface area contributed by atoms with Crippen LogP contribution in [0.3, 0.4) is 0 Å². The first-order chi connectivity index (χ1) is 9.16. The summed E-state index contributed by atoms with van der Waals surface area (Å²) in [6.07, 6.45) is -2.29. The van der Waals surface area contributed by atoms with E-state index in [4.69, 9.17) is 14.2 Å². The van der Waals surface area contributed by atoms with E-state index in [9.17, 15) is 9.90 Å². The number of aliphatic hydroxyl groups excluding tert-OH is 1. The van der Waals surface area contributed by atoms with Crippen LogP contribution in [0.25, 0.3) is 0 Å². The van der Waals surface area contributed by atoms with Gasteiger partial charge in [-0.25, -0.2) is 4.79 Å². The Kier molecular flexibility index (Phi) is 3.75. The van der Waals surface area contributed by atoms with Crippen LogP contribution in [0, 0.1) is 0 Å². The molecule has 2 aliphatic rings. The Morgan fingerprint density at radius 1 is 1.37 bits per heavy atom. The smallest absolute Gasteiger partial charge is 0.338 e. The monoisotopic (exact) mass is 376 g/mol. The number of alkyl halides is 1. The third kappa shape index (κ3) is 2.49. The number of esters is 1. The van der Waals surface area contributed by atoms with Crippen molar-refractivity contribution in [3.8, 4) is 0 Å². The molecule has 2 heterocycles. The first kappa shape index (κ1) is 13.3. The van der Waals surface area contributed by atoms with Gasteiger partial charge in [0.2, 0.25) is 0 Å². The van der Waals surface area contributed by atoms with Crippen molar-refractivity contribution < 1.29 is 24.1 Å². The van der Waals surface area contributed by atoms with Gasteiger partial charge in [0.05, 0.1) is 12.2 Å². The van der Waals surface area contributed by atoms with E-state index in [0.29, 0.717) is 12.2 Å². The molecule has 3 rings (SSSR count). The van der Waals surface area contributed by atoms with Gasteiger partial charge in [-0.15, -0.1) is 0 Å². The number of rotatable bonds is 2. The van der Waals surface area contributed by atoms with E-state index in [2.05, 4.69) is 22.6 Å². The fourth-order valence-electron chi connectivity index (χ4n) is 2.24. The number of carbonyl (C=O) groups is 1. The minimum Gasteiger partial charge on any atom is -0.455 e. The van der Waals surface area contributed by atoms with Gasteiger partial charge in [0.1, 0.15) is 22.2 Å². The number of benzene rings is 1. The third-order valence-electron chi connectivity index (χ3n) is 3.28. The Hall–Kier alpha value is -0.700. The Morgan fingerprint density at radius 2 is 2.11 bits per heavy atom. The summed E-state index contributed by atoms with van der Waals surface area (Å²) in [6.45, 7) is 0.338. The molecule has 0 saturated carbocycles. The summed E-state index contributed by atoms with van der Waals surface area (Å²) in [6, 6.07) is 8.73. The van der Waals surface area contributed by atoms with Crippen molar-refractivity contribution in [1.82, 2.24) is 0 Å². The molecule has 2 aliphatic heterocycles. The Morgan fingerprint density at radius 3 is 2.84 bits per heavy atom. The number of ether oxygens (including phenoxy) is 3. The summed E-state index contributed by atoms with van der Waals surface area (Å²) in [7, 11) is 0. The first-order valence-electron chi connectivity index (χ1n) is 6.02. The molecule has 102 valence electrons. The van der Waals surface area contributed by atoms with Crippen LogP contribution in [0.1, 0.15) is 10.4 Å². The molecule has 0 unspecified atom stereocenters. The van der Waals surface area contributed by atoms with Crippen LogP contribution in [-0.4, -0.2) is 46.2 Å². The molecule has 0 aromatic heterocycles. The van der Waals surface area contributed by atoms with Gasteiger partial charge in [-0.3, -0.25) is 0 Å². The molecule has 1 aromatic rings. The van der Waals surface area contributed by atoms with E-state index in [1.807, 2.05) is 6.07 Å². The molecule has 5 nitrogen and oxygen atoms in total. The van der Waals surface area contributed by atoms with Crippen molar-refractivity contribution in [1.29, 1.82) is 0 Å². The molecule has 19 heavy (non-hydrogen) atoms. The number of carbonyl (C=O) groups excluding carboxylic acids is 1. The minimum absolute atomic E-state index is 0.223. The molecule has 1 N–H and O–H groups in total. The van der Waals surface area contributed by atoms with Crippen molar-refractivity contribution in [2.24, 2.45) is 0 Å². The Bertz CT molecular complexity index is 449. The van der Waals surface area contributed by atoms with Crippen molar-refractivity contribution in [2.75, 3.05) is 6.61 Å². The number of halogens is 1. The van der Waals surface area contributed by atoms with E-state index < -0.39 is 30.6 Å². The lowest BCUT2D eigenvalue weighted by Gasteiger charge is -2.35. The van der Waals surface area contributed by atoms with Crippen LogP contribution in [0.5, 0.6) is 0 Å². The zero-order valence-electron chi connectivity index (χ0n) is 9.94. The summed E-state index contributed by atoms with van der Waals surface area (Å²) in [5.41, 5.74) is 0.470. The lowest BCUT2D eigenvalue weighted by Crippen LogP contribution is -2.53. The standard InChI is InChI=1S/C13H13IO5/c14-9-11(10(15)8-6-17-13(9)18-8)19-12(16)7-4-2-1-3-5-7/h1-5,8-11,13,15H,6H2/t8-,9-,10-,11-,13-/m1/s1. The minimum atomic E-state index is -0.853. The highest BCUT2D eigenvalue weighted by molar-refractivity contribution is 14.1. The van der Waals surface area contributed by atoms with Crippen molar-refractivity contribution in [3.63, 3.8) is 0 Å². The lowest BCUT2D eigenvalue weighted by atomic mass is 10.0. The molecule has 0 spiro atoms. The second-order valence-electron chi connectivity index (χ2n) is 4.55. The predicted octanol–water partition coefficient (Wildman–Crippen LogP) is 1.13. The fourth-order valence-corrected chi connectivity index (χ4v) is 3.19. The zero-order valence-corrected chi connectivity index (χ0v) is 12.1. The van der Waals surface area contributed by atoms with Gasteiger partial charge in [-0.1, -0.05) is 40.8 Å². The average molecular weight is 376 g/mol. The summed E-state index contributed by atoms with van der Waals surface area (Å²) in [5.74, 6) is -0.437. The van der Waals surface area contributed by atoms with Crippen LogP contribution in [0.4, 0.5) is 0 Å². The van der Waals surface area contributed by atoms with Gasteiger partial charge in [-0.2, -0.15) is 0 Å². The number of fused-ring (bicyclic) bond motifs is 2. The molecule has 2 saturated heterocycles. The molecular weight excluding hydrogens is 363 g/mol. The summed E-state index contributed by atoms with van der Waals surface area (Å²) >= 11 is 2.09. The number of hydrogen-bond donors (Lipinski definition) is 1. The number of aliphatic hydroxyl groups is 1. The maximum absolute atomic E-state index is 12.0. The molecule has 2 fully saturated rings. The quantitative estimate of drug-likeness (QED) is 0.477. The Balaban J connectivity index is 1.74. The van der Waals surface area contributed by atoms with E-state index in [0.717, 1.165) is 0 Å². The van der Waals surface area contributed by atoms with Crippen LogP contribution in [0.2, 0.25) is 0 Å². The molecule has 1 aromatic carbocycles. The first-order valence-corrected chi connectivity index (χ1v) is 7.26. The predicted molar refractivity (Wildman–Crippen MR) is 74.1 cm³/mol. The van der Waals surface area contributed by atoms with Crippen LogP contribution in [0.15, 0.2) is 30.3 Å². The topological polar surface area (TPSA) is 65.0 Å². The second kappa shape index (κ2) is 5.35. The number of hydrogen-bond acceptors (Lipinski definition) is 5. The summed E-state index contributed by atoms with van der Waals surface area (Å²) in [5, 5.41) is 10.1.